The number of fused-ring (bicyclic) bond motifs is 1. The van der Waals surface area contributed by atoms with Gasteiger partial charge in [-0.25, -0.2) is 4.79 Å². The van der Waals surface area contributed by atoms with Gasteiger partial charge in [0.15, 0.2) is 0 Å². The van der Waals surface area contributed by atoms with Crippen LogP contribution in [-0.4, -0.2) is 19.7 Å². The summed E-state index contributed by atoms with van der Waals surface area (Å²) in [5.41, 5.74) is 3.33. The summed E-state index contributed by atoms with van der Waals surface area (Å²) < 4.78 is 5.54. The normalized spacial score (nSPS) is 14.8. The number of halogens is 1. The second-order valence-corrected chi connectivity index (χ2v) is 5.91. The zero-order chi connectivity index (χ0) is 16.9. The van der Waals surface area contributed by atoms with Crippen LogP contribution in [0.4, 0.5) is 10.5 Å². The third kappa shape index (κ3) is 4.33. The highest BCUT2D eigenvalue weighted by atomic mass is 35.5. The maximum Gasteiger partial charge on any atom is 0.419 e. The van der Waals surface area contributed by atoms with Gasteiger partial charge >= 0.3 is 6.09 Å². The zero-order valence-electron chi connectivity index (χ0n) is 14.1. The number of aryl methyl sites for hydroxylation is 1. The van der Waals surface area contributed by atoms with E-state index in [4.69, 9.17) is 11.2 Å². The van der Waals surface area contributed by atoms with E-state index in [1.165, 1.54) is 16.0 Å². The van der Waals surface area contributed by atoms with Gasteiger partial charge in [-0.2, -0.15) is 0 Å². The van der Waals surface area contributed by atoms with E-state index in [-0.39, 0.29) is 12.4 Å². The number of nitrogens with two attached hydrogens (primary N) is 1. The maximum absolute atomic E-state index is 12.3. The molecule has 2 aromatic carbocycles. The molecule has 5 heteroatoms. The number of quaternary nitrogens is 1. The van der Waals surface area contributed by atoms with Crippen LogP contribution in [0.3, 0.4) is 0 Å². The Morgan fingerprint density at radius 3 is 2.80 bits per heavy atom. The van der Waals surface area contributed by atoms with Gasteiger partial charge in [0, 0.05) is 24.7 Å². The van der Waals surface area contributed by atoms with Crippen LogP contribution in [0.25, 0.3) is 0 Å². The molecule has 1 atom stereocenters. The third-order valence-electron chi connectivity index (χ3n) is 4.38. The van der Waals surface area contributed by atoms with Gasteiger partial charge in [-0.3, -0.25) is 4.90 Å². The number of hydrogen-bond donors (Lipinski definition) is 1. The monoisotopic (exact) mass is 356 g/mol. The number of nitrogens with zero attached hydrogens (tertiary/aromatic N) is 1. The van der Waals surface area contributed by atoms with Crippen molar-refractivity contribution >= 4 is 11.8 Å². The molecule has 0 fully saturated rings. The Morgan fingerprint density at radius 1 is 1.32 bits per heavy atom. The van der Waals surface area contributed by atoms with E-state index < -0.39 is 6.09 Å². The SMILES string of the molecule is C#CC[NH2+]C1CCc2ccc(OC(=O)N(C)c3ccccc3)cc21.[Cl-]. The number of carbonyl (C=O) groups excluding carboxylic acids is 1. The van der Waals surface area contributed by atoms with Gasteiger partial charge in [0.1, 0.15) is 18.3 Å². The smallest absolute Gasteiger partial charge is 0.419 e. The third-order valence-corrected chi connectivity index (χ3v) is 4.38. The minimum atomic E-state index is -0.400. The number of anilines is 1. The van der Waals surface area contributed by atoms with E-state index in [9.17, 15) is 4.79 Å². The maximum atomic E-state index is 12.3. The molecule has 0 aromatic heterocycles. The lowest BCUT2D eigenvalue weighted by molar-refractivity contribution is -0.685. The van der Waals surface area contributed by atoms with Crippen molar-refractivity contribution in [3.05, 3.63) is 59.7 Å². The topological polar surface area (TPSA) is 46.1 Å². The molecule has 1 aliphatic rings. The number of ether oxygens (including phenoxy) is 1. The number of rotatable bonds is 4. The number of amides is 1. The first-order valence-corrected chi connectivity index (χ1v) is 8.09. The molecule has 4 nitrogen and oxygen atoms in total. The first kappa shape index (κ1) is 18.9. The molecule has 2 N–H and O–H groups in total. The van der Waals surface area contributed by atoms with Gasteiger partial charge in [-0.05, 0) is 42.2 Å². The summed E-state index contributed by atoms with van der Waals surface area (Å²) in [6.45, 7) is 0.658. The average Bonchev–Trinajstić information content (AvgIpc) is 3.02. The van der Waals surface area contributed by atoms with E-state index in [2.05, 4.69) is 11.2 Å². The lowest BCUT2D eigenvalue weighted by atomic mass is 10.1. The van der Waals surface area contributed by atoms with Crippen LogP contribution < -0.4 is 27.4 Å². The average molecular weight is 357 g/mol. The fourth-order valence-electron chi connectivity index (χ4n) is 3.06. The Kier molecular flexibility index (Phi) is 6.46. The first-order valence-electron chi connectivity index (χ1n) is 8.09. The fourth-order valence-corrected chi connectivity index (χ4v) is 3.06. The second kappa shape index (κ2) is 8.57. The Morgan fingerprint density at radius 2 is 2.08 bits per heavy atom. The molecular weight excluding hydrogens is 336 g/mol. The van der Waals surface area contributed by atoms with Crippen molar-refractivity contribution in [3.8, 4) is 18.1 Å². The molecule has 0 heterocycles. The van der Waals surface area contributed by atoms with Crippen molar-refractivity contribution in [2.45, 2.75) is 18.9 Å². The molecule has 2 aromatic rings. The lowest BCUT2D eigenvalue weighted by Gasteiger charge is -2.17. The van der Waals surface area contributed by atoms with E-state index in [1.807, 2.05) is 48.5 Å². The molecule has 1 aliphatic carbocycles. The molecule has 0 radical (unpaired) electrons. The van der Waals surface area contributed by atoms with E-state index >= 15 is 0 Å². The van der Waals surface area contributed by atoms with Crippen LogP contribution in [0, 0.1) is 12.3 Å². The summed E-state index contributed by atoms with van der Waals surface area (Å²) in [5.74, 6) is 3.23. The molecule has 3 rings (SSSR count). The van der Waals surface area contributed by atoms with Crippen LogP contribution in [0.5, 0.6) is 5.75 Å². The molecule has 0 aliphatic heterocycles. The predicted molar refractivity (Wildman–Crippen MR) is 94.0 cm³/mol. The van der Waals surface area contributed by atoms with Crippen LogP contribution in [0.1, 0.15) is 23.6 Å². The number of carbonyl (C=O) groups is 1. The fraction of sp³-hybridized carbons (Fsp3) is 0.250. The van der Waals surface area contributed by atoms with Gasteiger partial charge < -0.3 is 22.5 Å². The molecular formula is C20H21ClN2O2. The molecule has 25 heavy (non-hydrogen) atoms. The second-order valence-electron chi connectivity index (χ2n) is 5.91. The Labute approximate surface area is 154 Å². The standard InChI is InChI=1S/C20H20N2O2.ClH/c1-3-13-21-19-12-10-15-9-11-17(14-18(15)19)24-20(23)22(2)16-7-5-4-6-8-16;/h1,4-9,11,14,19,21H,10,12-13H2,2H3;1H. The minimum Gasteiger partial charge on any atom is -1.00 e. The van der Waals surface area contributed by atoms with Crippen molar-refractivity contribution in [1.29, 1.82) is 0 Å². The summed E-state index contributed by atoms with van der Waals surface area (Å²) >= 11 is 0. The Hall–Kier alpha value is -2.48. The summed E-state index contributed by atoms with van der Waals surface area (Å²) in [4.78, 5) is 13.8. The lowest BCUT2D eigenvalue weighted by Crippen LogP contribution is -3.00. The number of para-hydroxylation sites is 1. The highest BCUT2D eigenvalue weighted by Crippen LogP contribution is 2.31. The van der Waals surface area contributed by atoms with Crippen LogP contribution in [-0.2, 0) is 6.42 Å². The summed E-state index contributed by atoms with van der Waals surface area (Å²) in [5, 5.41) is 2.16. The summed E-state index contributed by atoms with van der Waals surface area (Å²) in [6, 6.07) is 15.7. The van der Waals surface area contributed by atoms with Gasteiger partial charge in [0.05, 0.1) is 0 Å². The molecule has 1 amide bonds. The quantitative estimate of drug-likeness (QED) is 0.751. The van der Waals surface area contributed by atoms with Crippen molar-refractivity contribution in [1.82, 2.24) is 0 Å². The number of benzene rings is 2. The van der Waals surface area contributed by atoms with Crippen LogP contribution in [0.15, 0.2) is 48.5 Å². The summed E-state index contributed by atoms with van der Waals surface area (Å²) in [7, 11) is 1.70. The number of terminal acetylenes is 1. The highest BCUT2D eigenvalue weighted by molar-refractivity contribution is 5.88. The molecule has 0 bridgehead atoms. The van der Waals surface area contributed by atoms with Gasteiger partial charge in [-0.15, -0.1) is 6.42 Å². The van der Waals surface area contributed by atoms with Gasteiger partial charge in [0.2, 0.25) is 0 Å². The Balaban J connectivity index is 0.00000225. The predicted octanol–water partition coefficient (Wildman–Crippen LogP) is -0.490. The first-order chi connectivity index (χ1) is 11.7. The number of hydrogen-bond acceptors (Lipinski definition) is 2. The van der Waals surface area contributed by atoms with Gasteiger partial charge in [-0.1, -0.05) is 24.3 Å². The van der Waals surface area contributed by atoms with Crippen LogP contribution in [0.2, 0.25) is 0 Å². The summed E-state index contributed by atoms with van der Waals surface area (Å²) in [6.07, 6.45) is 7.06. The highest BCUT2D eigenvalue weighted by Gasteiger charge is 2.26. The Bertz CT molecular complexity index is 771. The zero-order valence-corrected chi connectivity index (χ0v) is 14.9. The molecule has 130 valence electrons. The van der Waals surface area contributed by atoms with Crippen molar-refractivity contribution in [2.24, 2.45) is 0 Å². The molecule has 0 spiro atoms. The largest absolute Gasteiger partial charge is 1.00 e. The van der Waals surface area contributed by atoms with E-state index in [0.29, 0.717) is 18.3 Å². The van der Waals surface area contributed by atoms with E-state index in [1.54, 1.807) is 7.05 Å². The van der Waals surface area contributed by atoms with Crippen molar-refractivity contribution < 1.29 is 27.3 Å². The van der Waals surface area contributed by atoms with Gasteiger partial charge in [0.25, 0.3) is 0 Å². The van der Waals surface area contributed by atoms with Crippen LogP contribution >= 0.6 is 0 Å². The van der Waals surface area contributed by atoms with E-state index in [0.717, 1.165) is 18.5 Å². The molecule has 0 saturated heterocycles. The molecule has 0 saturated carbocycles. The minimum absolute atomic E-state index is 0. The van der Waals surface area contributed by atoms with Crippen molar-refractivity contribution in [3.63, 3.8) is 0 Å². The molecule has 1 unspecified atom stereocenters. The van der Waals surface area contributed by atoms with Crippen molar-refractivity contribution in [2.75, 3.05) is 18.5 Å².